The lowest BCUT2D eigenvalue weighted by Crippen LogP contribution is -2.34. The van der Waals surface area contributed by atoms with Gasteiger partial charge in [-0.15, -0.1) is 0 Å². The lowest BCUT2D eigenvalue weighted by Gasteiger charge is -2.24. The minimum atomic E-state index is -0.889. The molecule has 0 heterocycles. The number of carbonyl (C=O) groups excluding carboxylic acids is 1. The number of aryl methyl sites for hydroxylation is 1. The molecule has 1 N–H and O–H groups in total. The first kappa shape index (κ1) is 16.5. The number of halogens is 2. The fourth-order valence-corrected chi connectivity index (χ4v) is 4.39. The molecule has 1 aliphatic rings. The number of hydrogen-bond donors (Lipinski definition) is 1. The minimum absolute atomic E-state index is 0.183. The van der Waals surface area contributed by atoms with Crippen LogP contribution in [0.1, 0.15) is 44.1 Å². The number of nitriles is 1. The monoisotopic (exact) mass is 412 g/mol. The first-order valence-corrected chi connectivity index (χ1v) is 8.75. The van der Waals surface area contributed by atoms with Gasteiger partial charge < -0.3 is 5.32 Å². The molecule has 1 fully saturated rings. The van der Waals surface area contributed by atoms with Gasteiger partial charge in [-0.05, 0) is 69.3 Å². The number of anilines is 1. The Balaban J connectivity index is 2.26. The second-order valence-corrected chi connectivity index (χ2v) is 7.37. The summed E-state index contributed by atoms with van der Waals surface area (Å²) in [6.45, 7) is 1.99. The molecule has 0 spiro atoms. The van der Waals surface area contributed by atoms with Crippen molar-refractivity contribution in [3.63, 3.8) is 0 Å². The predicted octanol–water partition coefficient (Wildman–Crippen LogP) is 5.32. The first-order valence-electron chi connectivity index (χ1n) is 7.17. The maximum atomic E-state index is 12.7. The maximum absolute atomic E-state index is 12.7. The van der Waals surface area contributed by atoms with E-state index in [2.05, 4.69) is 43.2 Å². The van der Waals surface area contributed by atoms with Crippen LogP contribution >= 0.6 is 31.9 Å². The Morgan fingerprint density at radius 1 is 1.19 bits per heavy atom. The number of amides is 1. The van der Waals surface area contributed by atoms with Crippen LogP contribution in [0.3, 0.4) is 0 Å². The highest BCUT2D eigenvalue weighted by Crippen LogP contribution is 2.38. The molecule has 0 radical (unpaired) electrons. The summed E-state index contributed by atoms with van der Waals surface area (Å²) >= 11 is 6.96. The molecule has 2 rings (SSSR count). The van der Waals surface area contributed by atoms with Crippen molar-refractivity contribution >= 4 is 43.5 Å². The summed E-state index contributed by atoms with van der Waals surface area (Å²) in [7, 11) is 0. The van der Waals surface area contributed by atoms with E-state index in [4.69, 9.17) is 0 Å². The Labute approximate surface area is 142 Å². The number of hydrogen-bond acceptors (Lipinski definition) is 2. The van der Waals surface area contributed by atoms with Crippen molar-refractivity contribution in [3.05, 3.63) is 26.6 Å². The zero-order chi connectivity index (χ0) is 15.5. The Morgan fingerprint density at radius 2 is 1.71 bits per heavy atom. The Morgan fingerprint density at radius 3 is 2.19 bits per heavy atom. The van der Waals surface area contributed by atoms with Crippen molar-refractivity contribution < 1.29 is 4.79 Å². The van der Waals surface area contributed by atoms with Crippen LogP contribution in [0, 0.1) is 23.7 Å². The Bertz CT molecular complexity index is 561. The van der Waals surface area contributed by atoms with E-state index in [0.717, 1.165) is 40.2 Å². The van der Waals surface area contributed by atoms with E-state index >= 15 is 0 Å². The van der Waals surface area contributed by atoms with Crippen LogP contribution in [0.2, 0.25) is 0 Å². The summed E-state index contributed by atoms with van der Waals surface area (Å²) in [6.07, 6.45) is 5.39. The zero-order valence-electron chi connectivity index (χ0n) is 12.0. The molecule has 0 aliphatic heterocycles. The average molecular weight is 414 g/mol. The van der Waals surface area contributed by atoms with Gasteiger partial charge in [0.25, 0.3) is 0 Å². The molecule has 0 atom stereocenters. The third kappa shape index (κ3) is 3.67. The molecule has 21 heavy (non-hydrogen) atoms. The Hall–Kier alpha value is -0.860. The van der Waals surface area contributed by atoms with Gasteiger partial charge in [0.2, 0.25) is 5.91 Å². The summed E-state index contributed by atoms with van der Waals surface area (Å²) in [6, 6.07) is 6.19. The predicted molar refractivity (Wildman–Crippen MR) is 91.0 cm³/mol. The summed E-state index contributed by atoms with van der Waals surface area (Å²) < 4.78 is 1.65. The van der Waals surface area contributed by atoms with Crippen molar-refractivity contribution in [2.24, 2.45) is 5.41 Å². The summed E-state index contributed by atoms with van der Waals surface area (Å²) in [5.41, 5.74) is 0.904. The summed E-state index contributed by atoms with van der Waals surface area (Å²) in [4.78, 5) is 12.7. The highest BCUT2D eigenvalue weighted by Gasteiger charge is 2.39. The van der Waals surface area contributed by atoms with Gasteiger partial charge in [0, 0.05) is 8.95 Å². The lowest BCUT2D eigenvalue weighted by molar-refractivity contribution is -0.123. The van der Waals surface area contributed by atoms with E-state index in [-0.39, 0.29) is 5.91 Å². The Kier molecular flexibility index (Phi) is 5.45. The van der Waals surface area contributed by atoms with E-state index < -0.39 is 5.41 Å². The SMILES string of the molecule is Cc1cc(Br)c(NC(=O)C2(C#N)CCCCCC2)c(Br)c1. The smallest absolute Gasteiger partial charge is 0.244 e. The molecule has 1 aromatic carbocycles. The molecular weight excluding hydrogens is 396 g/mol. The second-order valence-electron chi connectivity index (χ2n) is 5.67. The number of nitrogens with one attached hydrogen (secondary N) is 1. The molecule has 112 valence electrons. The molecule has 0 aromatic heterocycles. The number of rotatable bonds is 2. The van der Waals surface area contributed by atoms with Crippen molar-refractivity contribution in [2.45, 2.75) is 45.4 Å². The van der Waals surface area contributed by atoms with Gasteiger partial charge in [-0.25, -0.2) is 0 Å². The van der Waals surface area contributed by atoms with Gasteiger partial charge in [0.05, 0.1) is 11.8 Å². The normalized spacial score (nSPS) is 17.6. The van der Waals surface area contributed by atoms with Gasteiger partial charge >= 0.3 is 0 Å². The maximum Gasteiger partial charge on any atom is 0.244 e. The fourth-order valence-electron chi connectivity index (χ4n) is 2.77. The molecule has 0 saturated heterocycles. The van der Waals surface area contributed by atoms with Crippen LogP contribution in [0.5, 0.6) is 0 Å². The summed E-state index contributed by atoms with van der Waals surface area (Å²) in [5.74, 6) is -0.183. The third-order valence-electron chi connectivity index (χ3n) is 4.03. The highest BCUT2D eigenvalue weighted by molar-refractivity contribution is 9.11. The third-order valence-corrected chi connectivity index (χ3v) is 5.28. The van der Waals surface area contributed by atoms with Crippen molar-refractivity contribution in [3.8, 4) is 6.07 Å². The van der Waals surface area contributed by atoms with Crippen LogP contribution in [0.15, 0.2) is 21.1 Å². The number of carbonyl (C=O) groups is 1. The largest absolute Gasteiger partial charge is 0.323 e. The molecular formula is C16H18Br2N2O. The van der Waals surface area contributed by atoms with Crippen LogP contribution in [-0.4, -0.2) is 5.91 Å². The van der Waals surface area contributed by atoms with E-state index in [0.29, 0.717) is 18.5 Å². The second kappa shape index (κ2) is 6.93. The van der Waals surface area contributed by atoms with Crippen molar-refractivity contribution in [1.82, 2.24) is 0 Å². The fraction of sp³-hybridized carbons (Fsp3) is 0.500. The van der Waals surface area contributed by atoms with Gasteiger partial charge in [-0.1, -0.05) is 25.7 Å². The van der Waals surface area contributed by atoms with E-state index in [9.17, 15) is 10.1 Å². The zero-order valence-corrected chi connectivity index (χ0v) is 15.2. The van der Waals surface area contributed by atoms with Crippen molar-refractivity contribution in [1.29, 1.82) is 5.26 Å². The number of nitrogens with zero attached hydrogens (tertiary/aromatic N) is 1. The standard InChI is InChI=1S/C16H18Br2N2O/c1-11-8-12(17)14(13(18)9-11)20-15(21)16(10-19)6-4-2-3-5-7-16/h8-9H,2-7H2,1H3,(H,20,21). The van der Waals surface area contributed by atoms with E-state index in [1.807, 2.05) is 19.1 Å². The highest BCUT2D eigenvalue weighted by atomic mass is 79.9. The van der Waals surface area contributed by atoms with Crippen LogP contribution < -0.4 is 5.32 Å². The minimum Gasteiger partial charge on any atom is -0.323 e. The van der Waals surface area contributed by atoms with Gasteiger partial charge in [0.15, 0.2) is 0 Å². The van der Waals surface area contributed by atoms with Gasteiger partial charge in [0.1, 0.15) is 5.41 Å². The van der Waals surface area contributed by atoms with E-state index in [1.165, 1.54) is 0 Å². The molecule has 1 amide bonds. The quantitative estimate of drug-likeness (QED) is 0.666. The average Bonchev–Trinajstić information content (AvgIpc) is 2.68. The van der Waals surface area contributed by atoms with Crippen LogP contribution in [0.25, 0.3) is 0 Å². The first-order chi connectivity index (χ1) is 9.98. The molecule has 1 aromatic rings. The van der Waals surface area contributed by atoms with Crippen molar-refractivity contribution in [2.75, 3.05) is 5.32 Å². The molecule has 0 unspecified atom stereocenters. The molecule has 1 saturated carbocycles. The summed E-state index contributed by atoms with van der Waals surface area (Å²) in [5, 5.41) is 12.5. The molecule has 1 aliphatic carbocycles. The molecule has 5 heteroatoms. The van der Waals surface area contributed by atoms with Gasteiger partial charge in [-0.3, -0.25) is 4.79 Å². The van der Waals surface area contributed by atoms with Crippen LogP contribution in [-0.2, 0) is 4.79 Å². The lowest BCUT2D eigenvalue weighted by atomic mass is 9.81. The van der Waals surface area contributed by atoms with Crippen LogP contribution in [0.4, 0.5) is 5.69 Å². The number of benzene rings is 1. The molecule has 3 nitrogen and oxygen atoms in total. The van der Waals surface area contributed by atoms with Gasteiger partial charge in [-0.2, -0.15) is 5.26 Å². The topological polar surface area (TPSA) is 52.9 Å². The van der Waals surface area contributed by atoms with E-state index in [1.54, 1.807) is 0 Å². The molecule has 0 bridgehead atoms.